The molecule has 1 aliphatic rings. The summed E-state index contributed by atoms with van der Waals surface area (Å²) in [6.07, 6.45) is 2.94. The van der Waals surface area contributed by atoms with Crippen LogP contribution in [0.1, 0.15) is 33.6 Å². The molecule has 0 aromatic carbocycles. The van der Waals surface area contributed by atoms with Gasteiger partial charge in [-0.25, -0.2) is 0 Å². The maximum Gasteiger partial charge on any atom is 0.0702 e. The van der Waals surface area contributed by atoms with Crippen molar-refractivity contribution in [3.05, 3.63) is 0 Å². The second kappa shape index (κ2) is 7.25. The third-order valence-corrected chi connectivity index (χ3v) is 3.75. The van der Waals surface area contributed by atoms with Crippen molar-refractivity contribution >= 4 is 0 Å². The average Bonchev–Trinajstić information content (AvgIpc) is 2.77. The normalized spacial score (nSPS) is 24.9. The quantitative estimate of drug-likeness (QED) is 0.718. The summed E-state index contributed by atoms with van der Waals surface area (Å²) < 4.78 is 5.68. The summed E-state index contributed by atoms with van der Waals surface area (Å²) in [6, 6.07) is 0.614. The predicted octanol–water partition coefficient (Wildman–Crippen LogP) is 1.73. The summed E-state index contributed by atoms with van der Waals surface area (Å²) in [4.78, 5) is 2.44. The third kappa shape index (κ3) is 4.40. The van der Waals surface area contributed by atoms with E-state index in [1.54, 1.807) is 0 Å². The number of likely N-dealkylation sites (N-methyl/N-ethyl adjacent to an activating group) is 1. The van der Waals surface area contributed by atoms with Crippen LogP contribution in [0.3, 0.4) is 0 Å². The summed E-state index contributed by atoms with van der Waals surface area (Å²) in [5, 5.41) is 3.42. The molecule has 1 fully saturated rings. The van der Waals surface area contributed by atoms with Crippen molar-refractivity contribution < 1.29 is 4.74 Å². The van der Waals surface area contributed by atoms with E-state index in [0.29, 0.717) is 18.1 Å². The summed E-state index contributed by atoms with van der Waals surface area (Å²) in [5.74, 6) is 0.686. The molecule has 1 heterocycles. The zero-order valence-corrected chi connectivity index (χ0v) is 11.3. The van der Waals surface area contributed by atoms with Crippen LogP contribution in [0.15, 0.2) is 0 Å². The van der Waals surface area contributed by atoms with Crippen LogP contribution in [-0.4, -0.2) is 50.3 Å². The van der Waals surface area contributed by atoms with Gasteiger partial charge in [-0.15, -0.1) is 0 Å². The van der Waals surface area contributed by atoms with E-state index in [0.717, 1.165) is 26.2 Å². The Labute approximate surface area is 101 Å². The van der Waals surface area contributed by atoms with Crippen LogP contribution in [0, 0.1) is 5.92 Å². The first-order valence-corrected chi connectivity index (χ1v) is 6.67. The van der Waals surface area contributed by atoms with Gasteiger partial charge >= 0.3 is 0 Å². The molecule has 0 spiro atoms. The van der Waals surface area contributed by atoms with Crippen LogP contribution in [0.25, 0.3) is 0 Å². The van der Waals surface area contributed by atoms with Gasteiger partial charge in [0.25, 0.3) is 0 Å². The second-order valence-electron chi connectivity index (χ2n) is 5.10. The Hall–Kier alpha value is -0.120. The zero-order chi connectivity index (χ0) is 12.0. The summed E-state index contributed by atoms with van der Waals surface area (Å²) in [6.45, 7) is 11.0. The summed E-state index contributed by atoms with van der Waals surface area (Å²) >= 11 is 0. The fourth-order valence-electron chi connectivity index (χ4n) is 2.25. The molecule has 0 radical (unpaired) electrons. The second-order valence-corrected chi connectivity index (χ2v) is 5.10. The van der Waals surface area contributed by atoms with Crippen molar-refractivity contribution in [3.8, 4) is 0 Å². The monoisotopic (exact) mass is 228 g/mol. The Morgan fingerprint density at radius 3 is 2.75 bits per heavy atom. The van der Waals surface area contributed by atoms with Gasteiger partial charge in [-0.05, 0) is 45.8 Å². The fraction of sp³-hybridized carbons (Fsp3) is 1.00. The zero-order valence-electron chi connectivity index (χ0n) is 11.3. The van der Waals surface area contributed by atoms with Crippen LogP contribution in [0.4, 0.5) is 0 Å². The first kappa shape index (κ1) is 13.9. The van der Waals surface area contributed by atoms with Crippen LogP contribution < -0.4 is 5.32 Å². The van der Waals surface area contributed by atoms with Crippen LogP contribution in [-0.2, 0) is 4.74 Å². The molecule has 0 saturated carbocycles. The van der Waals surface area contributed by atoms with Crippen molar-refractivity contribution in [1.82, 2.24) is 10.2 Å². The predicted molar refractivity (Wildman–Crippen MR) is 68.8 cm³/mol. The van der Waals surface area contributed by atoms with E-state index >= 15 is 0 Å². The molecular weight excluding hydrogens is 200 g/mol. The minimum Gasteiger partial charge on any atom is -0.377 e. The minimum absolute atomic E-state index is 0.471. The van der Waals surface area contributed by atoms with Gasteiger partial charge in [-0.3, -0.25) is 0 Å². The maximum absolute atomic E-state index is 5.68. The van der Waals surface area contributed by atoms with Gasteiger partial charge in [0, 0.05) is 19.2 Å². The van der Waals surface area contributed by atoms with Crippen molar-refractivity contribution in [2.45, 2.75) is 45.8 Å². The molecule has 0 aromatic heterocycles. The van der Waals surface area contributed by atoms with Crippen molar-refractivity contribution in [2.75, 3.05) is 33.3 Å². The fourth-order valence-corrected chi connectivity index (χ4v) is 2.25. The molecule has 1 saturated heterocycles. The van der Waals surface area contributed by atoms with Crippen LogP contribution in [0.5, 0.6) is 0 Å². The molecule has 96 valence electrons. The Morgan fingerprint density at radius 1 is 1.44 bits per heavy atom. The molecule has 3 heteroatoms. The Morgan fingerprint density at radius 2 is 2.19 bits per heavy atom. The lowest BCUT2D eigenvalue weighted by Crippen LogP contribution is -2.42. The highest BCUT2D eigenvalue weighted by Gasteiger charge is 2.22. The number of ether oxygens (including phenoxy) is 1. The Kier molecular flexibility index (Phi) is 6.32. The lowest BCUT2D eigenvalue weighted by Gasteiger charge is -2.31. The molecule has 0 aliphatic carbocycles. The first-order valence-electron chi connectivity index (χ1n) is 6.67. The SMILES string of the molecule is CCNCC(C)C(C)N(C)CC1CCCO1. The largest absolute Gasteiger partial charge is 0.377 e. The van der Waals surface area contributed by atoms with Gasteiger partial charge in [-0.1, -0.05) is 13.8 Å². The third-order valence-electron chi connectivity index (χ3n) is 3.75. The van der Waals surface area contributed by atoms with E-state index in [2.05, 4.69) is 38.0 Å². The minimum atomic E-state index is 0.471. The Bertz CT molecular complexity index is 181. The van der Waals surface area contributed by atoms with Gasteiger partial charge in [0.15, 0.2) is 0 Å². The molecule has 1 aliphatic heterocycles. The number of rotatable bonds is 7. The van der Waals surface area contributed by atoms with Crippen LogP contribution in [0.2, 0.25) is 0 Å². The number of hydrogen-bond donors (Lipinski definition) is 1. The lowest BCUT2D eigenvalue weighted by atomic mass is 10.0. The van der Waals surface area contributed by atoms with Gasteiger partial charge in [0.1, 0.15) is 0 Å². The number of nitrogens with one attached hydrogen (secondary N) is 1. The summed E-state index contributed by atoms with van der Waals surface area (Å²) in [7, 11) is 2.22. The number of nitrogens with zero attached hydrogens (tertiary/aromatic N) is 1. The highest BCUT2D eigenvalue weighted by Crippen LogP contribution is 2.16. The molecule has 0 amide bonds. The molecular formula is C13H28N2O. The Balaban J connectivity index is 2.25. The van der Waals surface area contributed by atoms with Gasteiger partial charge < -0.3 is 15.0 Å². The highest BCUT2D eigenvalue weighted by molar-refractivity contribution is 4.76. The van der Waals surface area contributed by atoms with Crippen molar-refractivity contribution in [2.24, 2.45) is 5.92 Å². The molecule has 3 nitrogen and oxygen atoms in total. The topological polar surface area (TPSA) is 24.5 Å². The van der Waals surface area contributed by atoms with E-state index < -0.39 is 0 Å². The van der Waals surface area contributed by atoms with E-state index in [-0.39, 0.29) is 0 Å². The molecule has 3 atom stereocenters. The van der Waals surface area contributed by atoms with E-state index in [9.17, 15) is 0 Å². The molecule has 0 bridgehead atoms. The molecule has 16 heavy (non-hydrogen) atoms. The van der Waals surface area contributed by atoms with E-state index in [1.165, 1.54) is 12.8 Å². The molecule has 0 aromatic rings. The molecule has 1 rings (SSSR count). The summed E-state index contributed by atoms with van der Waals surface area (Å²) in [5.41, 5.74) is 0. The molecule has 1 N–H and O–H groups in total. The number of hydrogen-bond acceptors (Lipinski definition) is 3. The van der Waals surface area contributed by atoms with Crippen molar-refractivity contribution in [1.29, 1.82) is 0 Å². The maximum atomic E-state index is 5.68. The van der Waals surface area contributed by atoms with E-state index in [1.807, 2.05) is 0 Å². The first-order chi connectivity index (χ1) is 7.65. The smallest absolute Gasteiger partial charge is 0.0702 e. The van der Waals surface area contributed by atoms with Gasteiger partial charge in [-0.2, -0.15) is 0 Å². The van der Waals surface area contributed by atoms with Crippen molar-refractivity contribution in [3.63, 3.8) is 0 Å². The van der Waals surface area contributed by atoms with Gasteiger partial charge in [0.05, 0.1) is 6.10 Å². The lowest BCUT2D eigenvalue weighted by molar-refractivity contribution is 0.0617. The van der Waals surface area contributed by atoms with E-state index in [4.69, 9.17) is 4.74 Å². The van der Waals surface area contributed by atoms with Crippen LogP contribution >= 0.6 is 0 Å². The standard InChI is InChI=1S/C13H28N2O/c1-5-14-9-11(2)12(3)15(4)10-13-7-6-8-16-13/h11-14H,5-10H2,1-4H3. The highest BCUT2D eigenvalue weighted by atomic mass is 16.5. The molecule has 3 unspecified atom stereocenters. The average molecular weight is 228 g/mol. The van der Waals surface area contributed by atoms with Gasteiger partial charge in [0.2, 0.25) is 0 Å².